The topological polar surface area (TPSA) is 68.0 Å². The van der Waals surface area contributed by atoms with Gasteiger partial charge in [-0.1, -0.05) is 18.2 Å². The van der Waals surface area contributed by atoms with Gasteiger partial charge in [-0.05, 0) is 29.8 Å². The van der Waals surface area contributed by atoms with E-state index in [1.165, 1.54) is 18.5 Å². The Bertz CT molecular complexity index is 1080. The molecular formula is C22H20FN3O4. The molecular weight excluding hydrogens is 389 g/mol. The molecule has 2 aromatic carbocycles. The number of fused-ring (bicyclic) bond motifs is 1. The van der Waals surface area contributed by atoms with Crippen molar-refractivity contribution in [2.24, 2.45) is 0 Å². The predicted molar refractivity (Wildman–Crippen MR) is 106 cm³/mol. The van der Waals surface area contributed by atoms with Crippen molar-refractivity contribution in [2.75, 3.05) is 33.0 Å². The average Bonchev–Trinajstić information content (AvgIpc) is 3.43. The molecule has 0 bridgehead atoms. The molecule has 1 saturated heterocycles. The van der Waals surface area contributed by atoms with Crippen LogP contribution in [0.2, 0.25) is 0 Å². The summed E-state index contributed by atoms with van der Waals surface area (Å²) in [7, 11) is 0. The first-order valence-corrected chi connectivity index (χ1v) is 9.77. The van der Waals surface area contributed by atoms with E-state index >= 15 is 0 Å². The Hall–Kier alpha value is -3.39. The van der Waals surface area contributed by atoms with Crippen molar-refractivity contribution in [3.05, 3.63) is 65.9 Å². The SMILES string of the molecule is O=C(c1ncoc1-c1cccc(F)c1)N1CCN(Cc2ccc3c(c2)OCO3)CC1. The highest BCUT2D eigenvalue weighted by Gasteiger charge is 2.27. The summed E-state index contributed by atoms with van der Waals surface area (Å²) in [5, 5.41) is 0. The van der Waals surface area contributed by atoms with Gasteiger partial charge in [0.1, 0.15) is 5.82 Å². The fraction of sp³-hybridized carbons (Fsp3) is 0.273. The summed E-state index contributed by atoms with van der Waals surface area (Å²) >= 11 is 0. The number of carbonyl (C=O) groups is 1. The molecule has 1 fully saturated rings. The number of benzene rings is 2. The van der Waals surface area contributed by atoms with Crippen molar-refractivity contribution in [1.82, 2.24) is 14.8 Å². The highest BCUT2D eigenvalue weighted by molar-refractivity contribution is 5.97. The summed E-state index contributed by atoms with van der Waals surface area (Å²) in [4.78, 5) is 21.1. The largest absolute Gasteiger partial charge is 0.454 e. The zero-order valence-corrected chi connectivity index (χ0v) is 16.2. The van der Waals surface area contributed by atoms with E-state index < -0.39 is 0 Å². The third kappa shape index (κ3) is 3.61. The Labute approximate surface area is 172 Å². The maximum atomic E-state index is 13.6. The number of ether oxygens (including phenoxy) is 2. The monoisotopic (exact) mass is 409 g/mol. The zero-order valence-electron chi connectivity index (χ0n) is 16.2. The van der Waals surface area contributed by atoms with E-state index in [1.54, 1.807) is 17.0 Å². The summed E-state index contributed by atoms with van der Waals surface area (Å²) in [5.74, 6) is 1.25. The number of halogens is 1. The van der Waals surface area contributed by atoms with Crippen molar-refractivity contribution in [1.29, 1.82) is 0 Å². The summed E-state index contributed by atoms with van der Waals surface area (Å²) in [5.41, 5.74) is 1.85. The highest BCUT2D eigenvalue weighted by Crippen LogP contribution is 2.33. The quantitative estimate of drug-likeness (QED) is 0.659. The van der Waals surface area contributed by atoms with Crippen molar-refractivity contribution < 1.29 is 23.1 Å². The molecule has 0 aliphatic carbocycles. The van der Waals surface area contributed by atoms with Gasteiger partial charge in [-0.25, -0.2) is 9.37 Å². The minimum Gasteiger partial charge on any atom is -0.454 e. The first-order valence-electron chi connectivity index (χ1n) is 9.77. The Morgan fingerprint density at radius 1 is 1.03 bits per heavy atom. The van der Waals surface area contributed by atoms with Crippen LogP contribution in [0.1, 0.15) is 16.1 Å². The van der Waals surface area contributed by atoms with Crippen LogP contribution in [0.25, 0.3) is 11.3 Å². The van der Waals surface area contributed by atoms with Crippen LogP contribution >= 0.6 is 0 Å². The van der Waals surface area contributed by atoms with Gasteiger partial charge in [0.05, 0.1) is 0 Å². The minimum absolute atomic E-state index is 0.203. The van der Waals surface area contributed by atoms with Crippen LogP contribution in [-0.4, -0.2) is 53.7 Å². The van der Waals surface area contributed by atoms with Crippen LogP contribution in [0.4, 0.5) is 4.39 Å². The average molecular weight is 409 g/mol. The second kappa shape index (κ2) is 7.79. The molecule has 0 N–H and O–H groups in total. The lowest BCUT2D eigenvalue weighted by Crippen LogP contribution is -2.48. The normalized spacial score (nSPS) is 16.1. The predicted octanol–water partition coefficient (Wildman–Crippen LogP) is 3.17. The summed E-state index contributed by atoms with van der Waals surface area (Å²) < 4.78 is 29.8. The molecule has 2 aliphatic rings. The Balaban J connectivity index is 1.23. The lowest BCUT2D eigenvalue weighted by Gasteiger charge is -2.34. The number of carbonyl (C=O) groups excluding carboxylic acids is 1. The number of rotatable bonds is 4. The Morgan fingerprint density at radius 2 is 1.87 bits per heavy atom. The van der Waals surface area contributed by atoms with Crippen LogP contribution in [0.15, 0.2) is 53.3 Å². The second-order valence-corrected chi connectivity index (χ2v) is 7.30. The van der Waals surface area contributed by atoms with Gasteiger partial charge in [0.2, 0.25) is 6.79 Å². The first-order chi connectivity index (χ1) is 14.7. The van der Waals surface area contributed by atoms with Crippen molar-refractivity contribution >= 4 is 5.91 Å². The molecule has 0 atom stereocenters. The number of nitrogens with zero attached hydrogens (tertiary/aromatic N) is 3. The highest BCUT2D eigenvalue weighted by atomic mass is 19.1. The van der Waals surface area contributed by atoms with Gasteiger partial charge in [-0.15, -0.1) is 0 Å². The van der Waals surface area contributed by atoms with E-state index in [-0.39, 0.29) is 24.2 Å². The van der Waals surface area contributed by atoms with Crippen molar-refractivity contribution in [3.8, 4) is 22.8 Å². The molecule has 1 amide bonds. The minimum atomic E-state index is -0.389. The Morgan fingerprint density at radius 3 is 2.70 bits per heavy atom. The van der Waals surface area contributed by atoms with E-state index in [9.17, 15) is 9.18 Å². The summed E-state index contributed by atoms with van der Waals surface area (Å²) in [6.45, 7) is 3.69. The number of aromatic nitrogens is 1. The molecule has 2 aliphatic heterocycles. The number of piperazine rings is 1. The molecule has 8 heteroatoms. The maximum absolute atomic E-state index is 13.6. The van der Waals surface area contributed by atoms with Crippen LogP contribution in [0.5, 0.6) is 11.5 Å². The van der Waals surface area contributed by atoms with Gasteiger partial charge < -0.3 is 18.8 Å². The standard InChI is InChI=1S/C22H20FN3O4/c23-17-3-1-2-16(11-17)21-20(24-13-28-21)22(27)26-8-6-25(7-9-26)12-15-4-5-18-19(10-15)30-14-29-18/h1-5,10-11,13H,6-9,12,14H2. The van der Waals surface area contributed by atoms with Gasteiger partial charge in [-0.2, -0.15) is 0 Å². The van der Waals surface area contributed by atoms with Crippen molar-refractivity contribution in [2.45, 2.75) is 6.54 Å². The molecule has 0 unspecified atom stereocenters. The zero-order chi connectivity index (χ0) is 20.5. The second-order valence-electron chi connectivity index (χ2n) is 7.30. The van der Waals surface area contributed by atoms with Gasteiger partial charge in [0.15, 0.2) is 29.3 Å². The van der Waals surface area contributed by atoms with E-state index in [4.69, 9.17) is 13.9 Å². The van der Waals surface area contributed by atoms with Gasteiger partial charge in [-0.3, -0.25) is 9.69 Å². The van der Waals surface area contributed by atoms with E-state index in [0.29, 0.717) is 24.4 Å². The molecule has 0 spiro atoms. The number of oxazole rings is 1. The molecule has 154 valence electrons. The molecule has 0 saturated carbocycles. The molecule has 3 aromatic rings. The summed E-state index contributed by atoms with van der Waals surface area (Å²) in [6, 6.07) is 11.9. The fourth-order valence-electron chi connectivity index (χ4n) is 3.79. The van der Waals surface area contributed by atoms with E-state index in [1.807, 2.05) is 18.2 Å². The Kier molecular flexibility index (Phi) is 4.84. The molecule has 0 radical (unpaired) electrons. The molecule has 3 heterocycles. The number of hydrogen-bond acceptors (Lipinski definition) is 6. The van der Waals surface area contributed by atoms with Gasteiger partial charge >= 0.3 is 0 Å². The number of amides is 1. The van der Waals surface area contributed by atoms with Crippen LogP contribution in [-0.2, 0) is 6.54 Å². The third-order valence-electron chi connectivity index (χ3n) is 5.36. The molecule has 30 heavy (non-hydrogen) atoms. The van der Waals surface area contributed by atoms with Crippen LogP contribution in [0.3, 0.4) is 0 Å². The van der Waals surface area contributed by atoms with Gasteiger partial charge in [0, 0.05) is 38.3 Å². The van der Waals surface area contributed by atoms with Crippen LogP contribution < -0.4 is 9.47 Å². The summed E-state index contributed by atoms with van der Waals surface area (Å²) in [6.07, 6.45) is 1.23. The number of hydrogen-bond donors (Lipinski definition) is 0. The third-order valence-corrected chi connectivity index (χ3v) is 5.36. The van der Waals surface area contributed by atoms with E-state index in [0.717, 1.165) is 36.7 Å². The lowest BCUT2D eigenvalue weighted by molar-refractivity contribution is 0.0623. The first kappa shape index (κ1) is 18.6. The van der Waals surface area contributed by atoms with Crippen molar-refractivity contribution in [3.63, 3.8) is 0 Å². The smallest absolute Gasteiger partial charge is 0.276 e. The van der Waals surface area contributed by atoms with E-state index in [2.05, 4.69) is 9.88 Å². The van der Waals surface area contributed by atoms with Gasteiger partial charge in [0.25, 0.3) is 5.91 Å². The fourth-order valence-corrected chi connectivity index (χ4v) is 3.79. The lowest BCUT2D eigenvalue weighted by atomic mass is 10.1. The molecule has 5 rings (SSSR count). The maximum Gasteiger partial charge on any atom is 0.276 e. The van der Waals surface area contributed by atoms with Crippen LogP contribution in [0, 0.1) is 5.82 Å². The molecule has 1 aromatic heterocycles. The molecule has 7 nitrogen and oxygen atoms in total.